The topological polar surface area (TPSA) is 109 Å². The molecule has 0 saturated carbocycles. The van der Waals surface area contributed by atoms with E-state index in [0.717, 1.165) is 0 Å². The van der Waals surface area contributed by atoms with Crippen LogP contribution in [0.2, 0.25) is 0 Å². The van der Waals surface area contributed by atoms with Crippen LogP contribution in [0.4, 0.5) is 14.5 Å². The minimum absolute atomic E-state index is 0.635. The Kier molecular flexibility index (Phi) is 2.95. The maximum atomic E-state index is 13.8. The average molecular weight is 269 g/mol. The number of aromatic amines is 1. The molecule has 0 spiro atoms. The minimum Gasteiger partial charge on any atom is -0.493 e. The van der Waals surface area contributed by atoms with Crippen LogP contribution in [-0.2, 0) is 0 Å². The number of H-pyrrole nitrogens is 1. The minimum atomic E-state index is -1.49. The van der Waals surface area contributed by atoms with E-state index in [1.807, 2.05) is 4.98 Å². The highest BCUT2D eigenvalue weighted by molar-refractivity contribution is 5.61. The molecule has 7 nitrogen and oxygen atoms in total. The van der Waals surface area contributed by atoms with Gasteiger partial charge in [-0.05, 0) is 6.07 Å². The molecule has 2 rings (SSSR count). The molecule has 19 heavy (non-hydrogen) atoms. The lowest BCUT2D eigenvalue weighted by molar-refractivity contribution is -0.387. The van der Waals surface area contributed by atoms with E-state index in [2.05, 4.69) is 4.98 Å². The molecule has 0 aliphatic heterocycles. The Labute approximate surface area is 103 Å². The van der Waals surface area contributed by atoms with Gasteiger partial charge in [0.05, 0.1) is 16.6 Å². The van der Waals surface area contributed by atoms with Crippen molar-refractivity contribution >= 4 is 5.69 Å². The zero-order valence-corrected chi connectivity index (χ0v) is 9.05. The molecule has 2 N–H and O–H groups in total. The maximum Gasteiger partial charge on any atom is 0.305 e. The molecule has 98 valence electrons. The molecule has 0 unspecified atom stereocenters. The van der Waals surface area contributed by atoms with Crippen molar-refractivity contribution in [2.45, 2.75) is 0 Å². The van der Waals surface area contributed by atoms with E-state index in [4.69, 9.17) is 5.11 Å². The molecule has 1 heterocycles. The van der Waals surface area contributed by atoms with Gasteiger partial charge < -0.3 is 10.1 Å². The molecule has 0 bridgehead atoms. The number of nitro benzene ring substituents is 1. The van der Waals surface area contributed by atoms with E-state index in [0.29, 0.717) is 18.2 Å². The number of nitro groups is 1. The zero-order valence-electron chi connectivity index (χ0n) is 9.05. The number of aromatic nitrogens is 2. The smallest absolute Gasteiger partial charge is 0.305 e. The fraction of sp³-hybridized carbons (Fsp3) is 0. The second-order valence-corrected chi connectivity index (χ2v) is 3.46. The highest BCUT2D eigenvalue weighted by Crippen LogP contribution is 2.29. The van der Waals surface area contributed by atoms with Crippen LogP contribution in [0.5, 0.6) is 5.88 Å². The van der Waals surface area contributed by atoms with Crippen LogP contribution in [0.25, 0.3) is 11.4 Å². The standard InChI is InChI=1S/C10H5F2N3O4/c11-4-1-2-5(15(18)19)9(12)8(4)10-13-6(16)3-7(17)14-10/h1-3H,(H2,13,14,16,17). The Hall–Kier alpha value is -2.84. The monoisotopic (exact) mass is 269 g/mol. The number of aromatic hydroxyl groups is 1. The molecule has 9 heteroatoms. The first-order chi connectivity index (χ1) is 8.90. The number of halogens is 2. The van der Waals surface area contributed by atoms with Crippen molar-refractivity contribution in [2.24, 2.45) is 0 Å². The summed E-state index contributed by atoms with van der Waals surface area (Å²) in [6.45, 7) is 0. The molecule has 0 fully saturated rings. The number of benzene rings is 1. The zero-order chi connectivity index (χ0) is 14.2. The van der Waals surface area contributed by atoms with Crippen molar-refractivity contribution in [1.29, 1.82) is 0 Å². The quantitative estimate of drug-likeness (QED) is 0.631. The highest BCUT2D eigenvalue weighted by Gasteiger charge is 2.24. The second-order valence-electron chi connectivity index (χ2n) is 3.46. The summed E-state index contributed by atoms with van der Waals surface area (Å²) in [4.78, 5) is 25.9. The Balaban J connectivity index is 2.77. The first-order valence-electron chi connectivity index (χ1n) is 4.83. The Morgan fingerprint density at radius 3 is 2.63 bits per heavy atom. The summed E-state index contributed by atoms with van der Waals surface area (Å²) in [5.74, 6) is -4.04. The molecule has 0 saturated heterocycles. The van der Waals surface area contributed by atoms with E-state index in [-0.39, 0.29) is 0 Å². The largest absolute Gasteiger partial charge is 0.493 e. The summed E-state index contributed by atoms with van der Waals surface area (Å²) < 4.78 is 27.3. The lowest BCUT2D eigenvalue weighted by Gasteiger charge is -2.04. The summed E-state index contributed by atoms with van der Waals surface area (Å²) in [5, 5.41) is 19.7. The second kappa shape index (κ2) is 4.44. The van der Waals surface area contributed by atoms with Crippen molar-refractivity contribution in [2.75, 3.05) is 0 Å². The van der Waals surface area contributed by atoms with Crippen LogP contribution in [-0.4, -0.2) is 20.0 Å². The molecule has 0 atom stereocenters. The van der Waals surface area contributed by atoms with Gasteiger partial charge in [-0.3, -0.25) is 14.9 Å². The van der Waals surface area contributed by atoms with Crippen molar-refractivity contribution in [1.82, 2.24) is 9.97 Å². The van der Waals surface area contributed by atoms with E-state index in [1.165, 1.54) is 0 Å². The van der Waals surface area contributed by atoms with Crippen LogP contribution < -0.4 is 5.56 Å². The molecule has 0 radical (unpaired) electrons. The van der Waals surface area contributed by atoms with Gasteiger partial charge in [0.2, 0.25) is 11.7 Å². The molecule has 1 aromatic carbocycles. The molecule has 0 amide bonds. The van der Waals surface area contributed by atoms with Crippen LogP contribution in [0.15, 0.2) is 23.0 Å². The van der Waals surface area contributed by atoms with Crippen molar-refractivity contribution < 1.29 is 18.8 Å². The van der Waals surface area contributed by atoms with Gasteiger partial charge in [-0.25, -0.2) is 4.39 Å². The van der Waals surface area contributed by atoms with Crippen molar-refractivity contribution in [3.63, 3.8) is 0 Å². The van der Waals surface area contributed by atoms with Gasteiger partial charge in [-0.2, -0.15) is 9.37 Å². The normalized spacial score (nSPS) is 10.4. The number of hydrogen-bond donors (Lipinski definition) is 2. The number of nitrogens with zero attached hydrogens (tertiary/aromatic N) is 2. The first-order valence-corrected chi connectivity index (χ1v) is 4.83. The summed E-state index contributed by atoms with van der Waals surface area (Å²) in [6, 6.07) is 2.01. The van der Waals surface area contributed by atoms with E-state index in [9.17, 15) is 23.7 Å². The summed E-state index contributed by atoms with van der Waals surface area (Å²) >= 11 is 0. The SMILES string of the molecule is O=c1cc(O)nc(-c2c(F)ccc([N+](=O)[O-])c2F)[nH]1. The maximum absolute atomic E-state index is 13.8. The highest BCUT2D eigenvalue weighted by atomic mass is 19.1. The van der Waals surface area contributed by atoms with Crippen molar-refractivity contribution in [3.05, 3.63) is 50.3 Å². The van der Waals surface area contributed by atoms with Gasteiger partial charge >= 0.3 is 5.69 Å². The first kappa shape index (κ1) is 12.6. The predicted octanol–water partition coefficient (Wildman–Crippen LogP) is 1.33. The third-order valence-corrected chi connectivity index (χ3v) is 2.23. The Bertz CT molecular complexity index is 729. The molecule has 0 aliphatic rings. The fourth-order valence-corrected chi connectivity index (χ4v) is 1.46. The van der Waals surface area contributed by atoms with E-state index in [1.54, 1.807) is 0 Å². The van der Waals surface area contributed by atoms with Crippen molar-refractivity contribution in [3.8, 4) is 17.3 Å². The predicted molar refractivity (Wildman–Crippen MR) is 58.5 cm³/mol. The lowest BCUT2D eigenvalue weighted by atomic mass is 10.1. The summed E-state index contributed by atoms with van der Waals surface area (Å²) in [7, 11) is 0. The van der Waals surface area contributed by atoms with Crippen LogP contribution in [0.3, 0.4) is 0 Å². The molecule has 2 aromatic rings. The van der Waals surface area contributed by atoms with Gasteiger partial charge in [-0.1, -0.05) is 0 Å². The van der Waals surface area contributed by atoms with Crippen LogP contribution in [0.1, 0.15) is 0 Å². The summed E-state index contributed by atoms with van der Waals surface area (Å²) in [5.41, 5.74) is -2.71. The lowest BCUT2D eigenvalue weighted by Crippen LogP contribution is -2.09. The van der Waals surface area contributed by atoms with Crippen LogP contribution in [0, 0.1) is 21.7 Å². The third-order valence-electron chi connectivity index (χ3n) is 2.23. The van der Waals surface area contributed by atoms with Gasteiger partial charge in [0.1, 0.15) is 11.6 Å². The van der Waals surface area contributed by atoms with Gasteiger partial charge in [-0.15, -0.1) is 0 Å². The average Bonchev–Trinajstić information content (AvgIpc) is 2.26. The van der Waals surface area contributed by atoms with E-state index >= 15 is 0 Å². The molecular formula is C10H5F2N3O4. The third kappa shape index (κ3) is 2.25. The number of hydrogen-bond acceptors (Lipinski definition) is 5. The van der Waals surface area contributed by atoms with Gasteiger partial charge in [0.25, 0.3) is 5.56 Å². The number of nitrogens with one attached hydrogen (secondary N) is 1. The summed E-state index contributed by atoms with van der Waals surface area (Å²) in [6.07, 6.45) is 0. The van der Waals surface area contributed by atoms with Crippen LogP contribution >= 0.6 is 0 Å². The number of rotatable bonds is 2. The fourth-order valence-electron chi connectivity index (χ4n) is 1.46. The molecule has 1 aromatic heterocycles. The Morgan fingerprint density at radius 1 is 1.37 bits per heavy atom. The Morgan fingerprint density at radius 2 is 2.05 bits per heavy atom. The molecule has 0 aliphatic carbocycles. The van der Waals surface area contributed by atoms with Gasteiger partial charge in [0.15, 0.2) is 0 Å². The van der Waals surface area contributed by atoms with Gasteiger partial charge in [0, 0.05) is 6.07 Å². The van der Waals surface area contributed by atoms with E-state index < -0.39 is 45.1 Å². The molecular weight excluding hydrogens is 264 g/mol.